The van der Waals surface area contributed by atoms with Crippen molar-refractivity contribution in [2.45, 2.75) is 12.8 Å². The lowest BCUT2D eigenvalue weighted by molar-refractivity contribution is -0.131. The van der Waals surface area contributed by atoms with Crippen molar-refractivity contribution in [3.63, 3.8) is 0 Å². The summed E-state index contributed by atoms with van der Waals surface area (Å²) in [7, 11) is 0. The van der Waals surface area contributed by atoms with Gasteiger partial charge in [-0.3, -0.25) is 14.6 Å². The van der Waals surface area contributed by atoms with Crippen LogP contribution in [0.5, 0.6) is 0 Å². The standard InChI is InChI=1S/C21H20N6O2/c22-13-16-3-5-17(14-24-16)26-8-10-27(11-9-26)20(28)6-4-15-12-19-18(21(29)25-15)2-1-7-23-19/h1-3,5,7,12,14H,4,6,8-11H2,(H,25,29). The van der Waals surface area contributed by atoms with Gasteiger partial charge in [-0.15, -0.1) is 0 Å². The lowest BCUT2D eigenvalue weighted by Crippen LogP contribution is -2.48. The van der Waals surface area contributed by atoms with Crippen molar-refractivity contribution < 1.29 is 4.79 Å². The monoisotopic (exact) mass is 388 g/mol. The number of anilines is 1. The van der Waals surface area contributed by atoms with Gasteiger partial charge in [0.25, 0.3) is 5.56 Å². The maximum atomic E-state index is 12.6. The van der Waals surface area contributed by atoms with Crippen LogP contribution in [0.15, 0.2) is 47.5 Å². The van der Waals surface area contributed by atoms with Gasteiger partial charge in [0.15, 0.2) is 0 Å². The van der Waals surface area contributed by atoms with Crippen LogP contribution in [0.25, 0.3) is 10.9 Å². The van der Waals surface area contributed by atoms with E-state index in [-0.39, 0.29) is 11.5 Å². The third-order valence-corrected chi connectivity index (χ3v) is 5.14. The minimum Gasteiger partial charge on any atom is -0.367 e. The molecule has 1 amide bonds. The second-order valence-corrected chi connectivity index (χ2v) is 6.94. The quantitative estimate of drug-likeness (QED) is 0.725. The molecule has 8 heteroatoms. The maximum Gasteiger partial charge on any atom is 0.257 e. The van der Waals surface area contributed by atoms with Crippen molar-refractivity contribution in [2.24, 2.45) is 0 Å². The number of hydrogen-bond donors (Lipinski definition) is 1. The van der Waals surface area contributed by atoms with Crippen LogP contribution in [-0.4, -0.2) is 51.9 Å². The number of rotatable bonds is 4. The summed E-state index contributed by atoms with van der Waals surface area (Å²) in [6.07, 6.45) is 4.16. The zero-order valence-corrected chi connectivity index (χ0v) is 15.8. The van der Waals surface area contributed by atoms with Gasteiger partial charge in [0.1, 0.15) is 11.8 Å². The lowest BCUT2D eigenvalue weighted by Gasteiger charge is -2.36. The number of fused-ring (bicyclic) bond motifs is 1. The Hall–Kier alpha value is -3.73. The third kappa shape index (κ3) is 4.09. The Morgan fingerprint density at radius 3 is 2.72 bits per heavy atom. The van der Waals surface area contributed by atoms with Gasteiger partial charge in [-0.2, -0.15) is 5.26 Å². The van der Waals surface area contributed by atoms with Gasteiger partial charge in [0.05, 0.1) is 22.8 Å². The summed E-state index contributed by atoms with van der Waals surface area (Å²) >= 11 is 0. The summed E-state index contributed by atoms with van der Waals surface area (Å²) in [5, 5.41) is 9.39. The zero-order chi connectivity index (χ0) is 20.2. The molecule has 146 valence electrons. The minimum absolute atomic E-state index is 0.0737. The van der Waals surface area contributed by atoms with Gasteiger partial charge in [0, 0.05) is 44.5 Å². The Bertz CT molecular complexity index is 1120. The number of hydrogen-bond acceptors (Lipinski definition) is 6. The first-order valence-electron chi connectivity index (χ1n) is 9.50. The number of amides is 1. The van der Waals surface area contributed by atoms with Crippen LogP contribution in [0.1, 0.15) is 17.8 Å². The van der Waals surface area contributed by atoms with Crippen LogP contribution in [0.3, 0.4) is 0 Å². The van der Waals surface area contributed by atoms with E-state index in [1.807, 2.05) is 23.1 Å². The van der Waals surface area contributed by atoms with Crippen LogP contribution in [0.4, 0.5) is 5.69 Å². The fourth-order valence-electron chi connectivity index (χ4n) is 3.53. The third-order valence-electron chi connectivity index (χ3n) is 5.14. The molecule has 4 rings (SSSR count). The molecule has 3 aromatic rings. The van der Waals surface area contributed by atoms with Crippen molar-refractivity contribution in [3.05, 3.63) is 64.5 Å². The number of aromatic nitrogens is 3. The number of nitrogens with zero attached hydrogens (tertiary/aromatic N) is 5. The topological polar surface area (TPSA) is 106 Å². The highest BCUT2D eigenvalue weighted by atomic mass is 16.2. The number of aromatic amines is 1. The molecule has 4 heterocycles. The SMILES string of the molecule is N#Cc1ccc(N2CCN(C(=O)CCc3cc4ncccc4c(=O)[nH]3)CC2)cn1. The van der Waals surface area contributed by atoms with E-state index in [2.05, 4.69) is 19.9 Å². The van der Waals surface area contributed by atoms with E-state index in [1.54, 1.807) is 30.6 Å². The summed E-state index contributed by atoms with van der Waals surface area (Å²) < 4.78 is 0. The number of nitrogens with one attached hydrogen (secondary N) is 1. The molecule has 29 heavy (non-hydrogen) atoms. The summed E-state index contributed by atoms with van der Waals surface area (Å²) in [5.74, 6) is 0.0737. The molecule has 0 bridgehead atoms. The number of carbonyl (C=O) groups excluding carboxylic acids is 1. The van der Waals surface area contributed by atoms with E-state index in [0.717, 1.165) is 24.5 Å². The predicted molar refractivity (Wildman–Crippen MR) is 108 cm³/mol. The molecule has 1 aliphatic heterocycles. The predicted octanol–water partition coefficient (Wildman–Crippen LogP) is 1.47. The first kappa shape index (κ1) is 18.6. The molecule has 0 spiro atoms. The Morgan fingerprint density at radius 1 is 1.17 bits per heavy atom. The minimum atomic E-state index is -0.178. The largest absolute Gasteiger partial charge is 0.367 e. The van der Waals surface area contributed by atoms with Crippen molar-refractivity contribution in [3.8, 4) is 6.07 Å². The van der Waals surface area contributed by atoms with Crippen LogP contribution < -0.4 is 10.5 Å². The van der Waals surface area contributed by atoms with E-state index in [4.69, 9.17) is 5.26 Å². The fourth-order valence-corrected chi connectivity index (χ4v) is 3.53. The highest BCUT2D eigenvalue weighted by Gasteiger charge is 2.21. The molecule has 8 nitrogen and oxygen atoms in total. The molecule has 3 aromatic heterocycles. The molecule has 0 saturated carbocycles. The summed E-state index contributed by atoms with van der Waals surface area (Å²) in [6.45, 7) is 2.70. The molecular formula is C21H20N6O2. The van der Waals surface area contributed by atoms with E-state index in [1.165, 1.54) is 0 Å². The lowest BCUT2D eigenvalue weighted by atomic mass is 10.1. The zero-order valence-electron chi connectivity index (χ0n) is 15.8. The molecule has 1 aliphatic rings. The Labute approximate surface area is 167 Å². The highest BCUT2D eigenvalue weighted by molar-refractivity contribution is 5.78. The maximum absolute atomic E-state index is 12.6. The molecule has 0 unspecified atom stereocenters. The number of nitriles is 1. The fraction of sp³-hybridized carbons (Fsp3) is 0.286. The first-order chi connectivity index (χ1) is 14.1. The first-order valence-corrected chi connectivity index (χ1v) is 9.50. The second kappa shape index (κ2) is 8.10. The Morgan fingerprint density at radius 2 is 2.00 bits per heavy atom. The molecular weight excluding hydrogens is 368 g/mol. The van der Waals surface area contributed by atoms with Gasteiger partial charge < -0.3 is 14.8 Å². The van der Waals surface area contributed by atoms with Crippen molar-refractivity contribution in [1.82, 2.24) is 19.9 Å². The molecule has 0 atom stereocenters. The van der Waals surface area contributed by atoms with Crippen LogP contribution in [0, 0.1) is 11.3 Å². The Balaban J connectivity index is 1.33. The van der Waals surface area contributed by atoms with E-state index in [0.29, 0.717) is 42.5 Å². The van der Waals surface area contributed by atoms with E-state index in [9.17, 15) is 9.59 Å². The smallest absolute Gasteiger partial charge is 0.257 e. The van der Waals surface area contributed by atoms with Crippen molar-refractivity contribution in [1.29, 1.82) is 5.26 Å². The number of aryl methyl sites for hydroxylation is 1. The average Bonchev–Trinajstić information content (AvgIpc) is 2.78. The summed E-state index contributed by atoms with van der Waals surface area (Å²) in [5.41, 5.74) is 2.53. The van der Waals surface area contributed by atoms with Crippen molar-refractivity contribution in [2.75, 3.05) is 31.1 Å². The normalized spacial score (nSPS) is 14.0. The molecule has 1 N–H and O–H groups in total. The highest BCUT2D eigenvalue weighted by Crippen LogP contribution is 2.16. The Kier molecular flexibility index (Phi) is 5.20. The van der Waals surface area contributed by atoms with Crippen LogP contribution in [0.2, 0.25) is 0 Å². The van der Waals surface area contributed by atoms with Gasteiger partial charge in [-0.25, -0.2) is 4.98 Å². The van der Waals surface area contributed by atoms with Crippen LogP contribution in [-0.2, 0) is 11.2 Å². The van der Waals surface area contributed by atoms with Crippen molar-refractivity contribution >= 4 is 22.5 Å². The number of carbonyl (C=O) groups is 1. The average molecular weight is 388 g/mol. The molecule has 1 fully saturated rings. The van der Waals surface area contributed by atoms with E-state index < -0.39 is 0 Å². The number of H-pyrrole nitrogens is 1. The summed E-state index contributed by atoms with van der Waals surface area (Å²) in [4.78, 5) is 39.9. The van der Waals surface area contributed by atoms with Crippen LogP contribution >= 0.6 is 0 Å². The summed E-state index contributed by atoms with van der Waals surface area (Å²) in [6, 6.07) is 10.9. The molecule has 0 radical (unpaired) electrons. The number of piperazine rings is 1. The second-order valence-electron chi connectivity index (χ2n) is 6.94. The molecule has 0 aromatic carbocycles. The van der Waals surface area contributed by atoms with Gasteiger partial charge in [0.2, 0.25) is 5.91 Å². The molecule has 1 saturated heterocycles. The van der Waals surface area contributed by atoms with Gasteiger partial charge in [-0.05, 0) is 36.8 Å². The van der Waals surface area contributed by atoms with E-state index >= 15 is 0 Å². The van der Waals surface area contributed by atoms with Gasteiger partial charge in [-0.1, -0.05) is 0 Å². The number of pyridine rings is 3. The van der Waals surface area contributed by atoms with Gasteiger partial charge >= 0.3 is 0 Å². The molecule has 0 aliphatic carbocycles.